The maximum atomic E-state index is 11.4. The Bertz CT molecular complexity index is 413. The predicted molar refractivity (Wildman–Crippen MR) is 62.0 cm³/mol. The molecule has 1 fully saturated rings. The normalized spacial score (nSPS) is 19.0. The molecule has 5 nitrogen and oxygen atoms in total. The fourth-order valence-corrected chi connectivity index (χ4v) is 1.67. The van der Waals surface area contributed by atoms with Crippen molar-refractivity contribution >= 4 is 11.7 Å². The van der Waals surface area contributed by atoms with Crippen LogP contribution in [0.3, 0.4) is 0 Å². The van der Waals surface area contributed by atoms with E-state index in [4.69, 9.17) is 15.2 Å². The summed E-state index contributed by atoms with van der Waals surface area (Å²) in [6.45, 7) is 1.25. The number of benzene rings is 1. The summed E-state index contributed by atoms with van der Waals surface area (Å²) in [6.07, 6.45) is 0.840. The van der Waals surface area contributed by atoms with Gasteiger partial charge in [0.25, 0.3) is 0 Å². The van der Waals surface area contributed by atoms with Gasteiger partial charge < -0.3 is 19.9 Å². The number of nitrogen functional groups attached to an aromatic ring is 1. The summed E-state index contributed by atoms with van der Waals surface area (Å²) in [6, 6.07) is 4.84. The van der Waals surface area contributed by atoms with E-state index in [9.17, 15) is 4.79 Å². The van der Waals surface area contributed by atoms with Crippen LogP contribution in [0, 0.1) is 0 Å². The molecule has 0 amide bonds. The van der Waals surface area contributed by atoms with E-state index in [-0.39, 0.29) is 6.10 Å². The summed E-state index contributed by atoms with van der Waals surface area (Å²) in [5.74, 6) is 0.0981. The van der Waals surface area contributed by atoms with Crippen LogP contribution in [-0.4, -0.2) is 32.4 Å². The molecule has 0 aromatic heterocycles. The highest BCUT2D eigenvalue weighted by Crippen LogP contribution is 2.26. The van der Waals surface area contributed by atoms with Crippen molar-refractivity contribution in [3.8, 4) is 5.75 Å². The second-order valence-electron chi connectivity index (χ2n) is 3.85. The maximum absolute atomic E-state index is 11.4. The van der Waals surface area contributed by atoms with Gasteiger partial charge in [-0.3, -0.25) is 0 Å². The average Bonchev–Trinajstić information content (AvgIpc) is 2.84. The zero-order valence-corrected chi connectivity index (χ0v) is 9.64. The van der Waals surface area contributed by atoms with E-state index in [1.807, 2.05) is 0 Å². The molecule has 1 aromatic rings. The molecule has 2 rings (SSSR count). The first-order chi connectivity index (χ1) is 8.20. The quantitative estimate of drug-likeness (QED) is 0.632. The first-order valence-corrected chi connectivity index (χ1v) is 5.43. The number of anilines is 1. The molecule has 92 valence electrons. The molecule has 5 heteroatoms. The minimum Gasteiger partial charge on any atom is -0.486 e. The summed E-state index contributed by atoms with van der Waals surface area (Å²) in [5, 5.41) is 0. The highest BCUT2D eigenvalue weighted by Gasteiger charge is 2.19. The topological polar surface area (TPSA) is 70.8 Å². The Morgan fingerprint density at radius 1 is 1.53 bits per heavy atom. The van der Waals surface area contributed by atoms with Gasteiger partial charge in [-0.2, -0.15) is 0 Å². The number of nitrogens with two attached hydrogens (primary N) is 1. The number of ether oxygens (including phenoxy) is 3. The molecule has 0 unspecified atom stereocenters. The van der Waals surface area contributed by atoms with E-state index in [1.165, 1.54) is 7.11 Å². The van der Waals surface area contributed by atoms with Crippen molar-refractivity contribution in [2.45, 2.75) is 12.5 Å². The summed E-state index contributed by atoms with van der Waals surface area (Å²) in [7, 11) is 1.34. The lowest BCUT2D eigenvalue weighted by atomic mass is 10.2. The van der Waals surface area contributed by atoms with Crippen molar-refractivity contribution < 1.29 is 19.0 Å². The highest BCUT2D eigenvalue weighted by atomic mass is 16.5. The molecule has 0 saturated carbocycles. The third-order valence-electron chi connectivity index (χ3n) is 2.62. The van der Waals surface area contributed by atoms with Crippen LogP contribution in [0.1, 0.15) is 16.8 Å². The van der Waals surface area contributed by atoms with Gasteiger partial charge in [0.2, 0.25) is 0 Å². The van der Waals surface area contributed by atoms with Gasteiger partial charge in [-0.1, -0.05) is 0 Å². The minimum atomic E-state index is -0.405. The predicted octanol–water partition coefficient (Wildman–Crippen LogP) is 1.22. The molecule has 0 radical (unpaired) electrons. The van der Waals surface area contributed by atoms with E-state index < -0.39 is 5.97 Å². The molecule has 1 heterocycles. The second kappa shape index (κ2) is 5.05. The molecule has 17 heavy (non-hydrogen) atoms. The Kier molecular flexibility index (Phi) is 3.49. The van der Waals surface area contributed by atoms with Gasteiger partial charge in [-0.25, -0.2) is 4.79 Å². The van der Waals surface area contributed by atoms with Crippen molar-refractivity contribution in [3.63, 3.8) is 0 Å². The monoisotopic (exact) mass is 237 g/mol. The van der Waals surface area contributed by atoms with Crippen LogP contribution in [0.4, 0.5) is 5.69 Å². The third-order valence-corrected chi connectivity index (χ3v) is 2.62. The third kappa shape index (κ3) is 2.68. The van der Waals surface area contributed by atoms with E-state index in [0.29, 0.717) is 30.2 Å². The lowest BCUT2D eigenvalue weighted by Crippen LogP contribution is -2.17. The Hall–Kier alpha value is -1.75. The number of carbonyl (C=O) groups excluding carboxylic acids is 1. The molecule has 1 saturated heterocycles. The van der Waals surface area contributed by atoms with E-state index in [2.05, 4.69) is 4.74 Å². The van der Waals surface area contributed by atoms with Crippen LogP contribution in [0.15, 0.2) is 18.2 Å². The van der Waals surface area contributed by atoms with Crippen LogP contribution in [0.25, 0.3) is 0 Å². The number of methoxy groups -OCH3 is 1. The molecule has 0 bridgehead atoms. The zero-order valence-electron chi connectivity index (χ0n) is 9.64. The molecule has 1 aliphatic rings. The van der Waals surface area contributed by atoms with E-state index in [1.54, 1.807) is 18.2 Å². The molecule has 0 aliphatic carbocycles. The van der Waals surface area contributed by atoms with Crippen LogP contribution < -0.4 is 10.5 Å². The van der Waals surface area contributed by atoms with Crippen molar-refractivity contribution in [3.05, 3.63) is 23.8 Å². The number of esters is 1. The lowest BCUT2D eigenvalue weighted by Gasteiger charge is -2.14. The molecular weight excluding hydrogens is 222 g/mol. The number of hydrogen-bond acceptors (Lipinski definition) is 5. The molecule has 1 aliphatic heterocycles. The summed E-state index contributed by atoms with van der Waals surface area (Å²) in [5.41, 5.74) is 6.72. The van der Waals surface area contributed by atoms with Crippen molar-refractivity contribution in [2.75, 3.05) is 26.1 Å². The van der Waals surface area contributed by atoms with Gasteiger partial charge in [0.15, 0.2) is 0 Å². The smallest absolute Gasteiger partial charge is 0.337 e. The van der Waals surface area contributed by atoms with Gasteiger partial charge in [-0.05, 0) is 18.2 Å². The van der Waals surface area contributed by atoms with Crippen molar-refractivity contribution in [1.29, 1.82) is 0 Å². The standard InChI is InChI=1S/C12H15NO4/c1-15-12(14)8-2-3-10(13)11(6-8)17-9-4-5-16-7-9/h2-3,6,9H,4-5,7,13H2,1H3/t9-/m1/s1. The fraction of sp³-hybridized carbons (Fsp3) is 0.417. The van der Waals surface area contributed by atoms with Crippen LogP contribution >= 0.6 is 0 Å². The first-order valence-electron chi connectivity index (χ1n) is 5.43. The minimum absolute atomic E-state index is 0.00481. The van der Waals surface area contributed by atoms with Crippen LogP contribution in [0.5, 0.6) is 5.75 Å². The summed E-state index contributed by atoms with van der Waals surface area (Å²) in [4.78, 5) is 11.4. The Morgan fingerprint density at radius 3 is 3.00 bits per heavy atom. The lowest BCUT2D eigenvalue weighted by molar-refractivity contribution is 0.0600. The Balaban J connectivity index is 2.16. The molecule has 2 N–H and O–H groups in total. The van der Waals surface area contributed by atoms with Crippen molar-refractivity contribution in [1.82, 2.24) is 0 Å². The largest absolute Gasteiger partial charge is 0.486 e. The van der Waals surface area contributed by atoms with Gasteiger partial charge in [0, 0.05) is 6.42 Å². The van der Waals surface area contributed by atoms with Gasteiger partial charge >= 0.3 is 5.97 Å². The van der Waals surface area contributed by atoms with Crippen LogP contribution in [0.2, 0.25) is 0 Å². The number of carbonyl (C=O) groups is 1. The summed E-state index contributed by atoms with van der Waals surface area (Å²) >= 11 is 0. The van der Waals surface area contributed by atoms with Gasteiger partial charge in [-0.15, -0.1) is 0 Å². The van der Waals surface area contributed by atoms with Gasteiger partial charge in [0.1, 0.15) is 11.9 Å². The number of hydrogen-bond donors (Lipinski definition) is 1. The van der Waals surface area contributed by atoms with Crippen LogP contribution in [-0.2, 0) is 9.47 Å². The molecular formula is C12H15NO4. The summed E-state index contributed by atoms with van der Waals surface area (Å²) < 4.78 is 15.5. The van der Waals surface area contributed by atoms with Gasteiger partial charge in [0.05, 0.1) is 31.6 Å². The Labute approximate surface area is 99.5 Å². The first kappa shape index (κ1) is 11.7. The van der Waals surface area contributed by atoms with E-state index >= 15 is 0 Å². The fourth-order valence-electron chi connectivity index (χ4n) is 1.67. The maximum Gasteiger partial charge on any atom is 0.337 e. The second-order valence-corrected chi connectivity index (χ2v) is 3.85. The zero-order chi connectivity index (χ0) is 12.3. The van der Waals surface area contributed by atoms with Crippen molar-refractivity contribution in [2.24, 2.45) is 0 Å². The number of rotatable bonds is 3. The average molecular weight is 237 g/mol. The van der Waals surface area contributed by atoms with E-state index in [0.717, 1.165) is 6.42 Å². The SMILES string of the molecule is COC(=O)c1ccc(N)c(O[C@@H]2CCOC2)c1. The molecule has 1 atom stereocenters. The molecule has 0 spiro atoms. The highest BCUT2D eigenvalue weighted by molar-refractivity contribution is 5.90. The Morgan fingerprint density at radius 2 is 2.35 bits per heavy atom. The molecule has 1 aromatic carbocycles.